The minimum atomic E-state index is 0.138. The highest BCUT2D eigenvalue weighted by Gasteiger charge is 2.23. The number of nitrogens with zero attached hydrogens (tertiary/aromatic N) is 4. The average Bonchev–Trinajstić information content (AvgIpc) is 3.48. The number of nitrogen functional groups attached to an aromatic ring is 1. The first kappa shape index (κ1) is 20.6. The number of pyridine rings is 1. The SMILES string of the molecule is CSc1ccccc1-c1cc2c(-c3cnn(C4CCN(C(C)=O)CC4)c3)cnc(N)c2o1. The maximum atomic E-state index is 11.6. The van der Waals surface area contributed by atoms with Crippen molar-refractivity contribution in [3.05, 3.63) is 48.9 Å². The van der Waals surface area contributed by atoms with Crippen molar-refractivity contribution in [1.82, 2.24) is 19.7 Å². The molecule has 0 unspecified atom stereocenters. The summed E-state index contributed by atoms with van der Waals surface area (Å²) in [5.41, 5.74) is 9.71. The maximum absolute atomic E-state index is 11.6. The summed E-state index contributed by atoms with van der Waals surface area (Å²) in [5, 5.41) is 5.55. The molecule has 32 heavy (non-hydrogen) atoms. The predicted molar refractivity (Wildman–Crippen MR) is 127 cm³/mol. The van der Waals surface area contributed by atoms with Crippen LogP contribution in [0, 0.1) is 0 Å². The average molecular weight is 448 g/mol. The molecule has 5 rings (SSSR count). The summed E-state index contributed by atoms with van der Waals surface area (Å²) in [4.78, 5) is 19.0. The van der Waals surface area contributed by atoms with Gasteiger partial charge >= 0.3 is 0 Å². The van der Waals surface area contributed by atoms with E-state index < -0.39 is 0 Å². The lowest BCUT2D eigenvalue weighted by Gasteiger charge is -2.31. The molecular weight excluding hydrogens is 422 g/mol. The molecule has 4 aromatic rings. The summed E-state index contributed by atoms with van der Waals surface area (Å²) in [5.74, 6) is 1.29. The van der Waals surface area contributed by atoms with Crippen molar-refractivity contribution in [2.75, 3.05) is 25.1 Å². The van der Waals surface area contributed by atoms with Gasteiger partial charge < -0.3 is 15.1 Å². The van der Waals surface area contributed by atoms with Crippen LogP contribution in [-0.4, -0.2) is 44.9 Å². The Labute approximate surface area is 190 Å². The lowest BCUT2D eigenvalue weighted by atomic mass is 10.0. The molecule has 0 bridgehead atoms. The molecule has 1 aliphatic heterocycles. The third kappa shape index (κ3) is 3.64. The Kier molecular flexibility index (Phi) is 5.38. The number of fused-ring (bicyclic) bond motifs is 1. The van der Waals surface area contributed by atoms with Crippen molar-refractivity contribution < 1.29 is 9.21 Å². The van der Waals surface area contributed by atoms with E-state index in [0.29, 0.717) is 11.4 Å². The molecule has 1 fully saturated rings. The molecule has 7 nitrogen and oxygen atoms in total. The second-order valence-corrected chi connectivity index (χ2v) is 8.91. The molecule has 2 N–H and O–H groups in total. The van der Waals surface area contributed by atoms with Crippen LogP contribution < -0.4 is 5.73 Å². The van der Waals surface area contributed by atoms with Crippen LogP contribution in [0.3, 0.4) is 0 Å². The van der Waals surface area contributed by atoms with Gasteiger partial charge in [0.2, 0.25) is 5.91 Å². The number of amides is 1. The van der Waals surface area contributed by atoms with Gasteiger partial charge in [0, 0.05) is 59.4 Å². The van der Waals surface area contributed by atoms with Gasteiger partial charge in [0.25, 0.3) is 0 Å². The fraction of sp³-hybridized carbons (Fsp3) is 0.292. The van der Waals surface area contributed by atoms with E-state index in [1.165, 1.54) is 0 Å². The number of hydrogen-bond donors (Lipinski definition) is 1. The van der Waals surface area contributed by atoms with Gasteiger partial charge in [-0.2, -0.15) is 5.10 Å². The lowest BCUT2D eigenvalue weighted by molar-refractivity contribution is -0.130. The quantitative estimate of drug-likeness (QED) is 0.450. The second-order valence-electron chi connectivity index (χ2n) is 8.06. The molecule has 4 heterocycles. The summed E-state index contributed by atoms with van der Waals surface area (Å²) in [6, 6.07) is 10.5. The van der Waals surface area contributed by atoms with E-state index in [4.69, 9.17) is 10.2 Å². The Morgan fingerprint density at radius 1 is 1.19 bits per heavy atom. The molecule has 1 amide bonds. The highest BCUT2D eigenvalue weighted by Crippen LogP contribution is 2.39. The first-order chi connectivity index (χ1) is 15.5. The van der Waals surface area contributed by atoms with Crippen molar-refractivity contribution in [1.29, 1.82) is 0 Å². The molecule has 8 heteroatoms. The Hall–Kier alpha value is -3.26. The minimum absolute atomic E-state index is 0.138. The molecule has 0 saturated carbocycles. The van der Waals surface area contributed by atoms with Crippen molar-refractivity contribution in [2.45, 2.75) is 30.7 Å². The largest absolute Gasteiger partial charge is 0.452 e. The van der Waals surface area contributed by atoms with Gasteiger partial charge in [-0.25, -0.2) is 4.98 Å². The number of aromatic nitrogens is 3. The Balaban J connectivity index is 1.50. The van der Waals surface area contributed by atoms with Crippen LogP contribution in [0.25, 0.3) is 33.4 Å². The number of anilines is 1. The monoisotopic (exact) mass is 447 g/mol. The predicted octanol–water partition coefficient (Wildman–Crippen LogP) is 4.85. The molecule has 1 aromatic carbocycles. The van der Waals surface area contributed by atoms with Crippen LogP contribution in [0.4, 0.5) is 5.82 Å². The molecule has 164 valence electrons. The smallest absolute Gasteiger partial charge is 0.219 e. The van der Waals surface area contributed by atoms with Crippen LogP contribution in [0.5, 0.6) is 0 Å². The van der Waals surface area contributed by atoms with Gasteiger partial charge in [-0.1, -0.05) is 18.2 Å². The van der Waals surface area contributed by atoms with Crippen molar-refractivity contribution in [2.24, 2.45) is 0 Å². The summed E-state index contributed by atoms with van der Waals surface area (Å²) < 4.78 is 8.19. The zero-order chi connectivity index (χ0) is 22.2. The molecule has 1 aliphatic rings. The normalized spacial score (nSPS) is 14.9. The number of nitrogens with two attached hydrogens (primary N) is 1. The van der Waals surface area contributed by atoms with E-state index in [-0.39, 0.29) is 11.9 Å². The van der Waals surface area contributed by atoms with Crippen LogP contribution in [0.2, 0.25) is 0 Å². The number of furan rings is 1. The minimum Gasteiger partial charge on any atom is -0.452 e. The van der Waals surface area contributed by atoms with E-state index in [0.717, 1.165) is 58.7 Å². The lowest BCUT2D eigenvalue weighted by Crippen LogP contribution is -2.37. The van der Waals surface area contributed by atoms with Gasteiger partial charge in [0.1, 0.15) is 5.76 Å². The van der Waals surface area contributed by atoms with E-state index >= 15 is 0 Å². The van der Waals surface area contributed by atoms with Crippen molar-refractivity contribution in [3.63, 3.8) is 0 Å². The number of piperidine rings is 1. The third-order valence-electron chi connectivity index (χ3n) is 6.16. The van der Waals surface area contributed by atoms with Gasteiger partial charge in [-0.05, 0) is 31.2 Å². The van der Waals surface area contributed by atoms with Crippen LogP contribution >= 0.6 is 11.8 Å². The highest BCUT2D eigenvalue weighted by molar-refractivity contribution is 7.98. The van der Waals surface area contributed by atoms with Gasteiger partial charge in [0.05, 0.1) is 12.2 Å². The van der Waals surface area contributed by atoms with Gasteiger partial charge in [-0.3, -0.25) is 9.48 Å². The molecular formula is C24H25N5O2S. The van der Waals surface area contributed by atoms with Gasteiger partial charge in [-0.15, -0.1) is 11.8 Å². The third-order valence-corrected chi connectivity index (χ3v) is 6.95. The highest BCUT2D eigenvalue weighted by atomic mass is 32.2. The Morgan fingerprint density at radius 3 is 2.72 bits per heavy atom. The number of thioether (sulfide) groups is 1. The van der Waals surface area contributed by atoms with Crippen molar-refractivity contribution >= 4 is 34.5 Å². The van der Waals surface area contributed by atoms with Crippen molar-refractivity contribution in [3.8, 4) is 22.5 Å². The topological polar surface area (TPSA) is 90.2 Å². The molecule has 3 aromatic heterocycles. The van der Waals surface area contributed by atoms with E-state index in [2.05, 4.69) is 34.7 Å². The number of rotatable bonds is 4. The van der Waals surface area contributed by atoms with Crippen LogP contribution in [0.15, 0.2) is 58.2 Å². The molecule has 0 radical (unpaired) electrons. The van der Waals surface area contributed by atoms with E-state index in [9.17, 15) is 4.79 Å². The number of carbonyl (C=O) groups is 1. The fourth-order valence-corrected chi connectivity index (χ4v) is 4.98. The van der Waals surface area contributed by atoms with E-state index in [1.54, 1.807) is 24.9 Å². The fourth-order valence-electron chi connectivity index (χ4n) is 4.38. The number of likely N-dealkylation sites (tertiary alicyclic amines) is 1. The molecule has 0 aliphatic carbocycles. The summed E-state index contributed by atoms with van der Waals surface area (Å²) in [6.45, 7) is 3.16. The molecule has 0 atom stereocenters. The second kappa shape index (κ2) is 8.35. The van der Waals surface area contributed by atoms with Gasteiger partial charge in [0.15, 0.2) is 11.4 Å². The standard InChI is InChI=1S/C24H25N5O2S/c1-15(30)28-9-7-17(8-10-28)29-14-16(12-27-29)20-13-26-24(25)23-19(20)11-21(31-23)18-5-3-4-6-22(18)32-2/h3-6,11-14,17H,7-10H2,1-2H3,(H2,25,26). The molecule has 0 spiro atoms. The van der Waals surface area contributed by atoms with Crippen LogP contribution in [0.1, 0.15) is 25.8 Å². The summed E-state index contributed by atoms with van der Waals surface area (Å²) in [7, 11) is 0. The van der Waals surface area contributed by atoms with E-state index in [1.807, 2.05) is 34.0 Å². The first-order valence-electron chi connectivity index (χ1n) is 10.7. The zero-order valence-corrected chi connectivity index (χ0v) is 18.9. The Morgan fingerprint density at radius 2 is 1.97 bits per heavy atom. The zero-order valence-electron chi connectivity index (χ0n) is 18.1. The number of benzene rings is 1. The number of carbonyl (C=O) groups excluding carboxylic acids is 1. The Bertz CT molecular complexity index is 1290. The number of hydrogen-bond acceptors (Lipinski definition) is 6. The van der Waals surface area contributed by atoms with Crippen LogP contribution in [-0.2, 0) is 4.79 Å². The summed E-state index contributed by atoms with van der Waals surface area (Å²) >= 11 is 1.68. The molecule has 1 saturated heterocycles. The maximum Gasteiger partial charge on any atom is 0.219 e. The first-order valence-corrected chi connectivity index (χ1v) is 11.9. The summed E-state index contributed by atoms with van der Waals surface area (Å²) in [6.07, 6.45) is 9.57.